The largest absolute Gasteiger partial charge is 0.442 e. The van der Waals surface area contributed by atoms with Crippen LogP contribution in [0.3, 0.4) is 0 Å². The molecule has 3 nitrogen and oxygen atoms in total. The van der Waals surface area contributed by atoms with E-state index < -0.39 is 5.97 Å². The second kappa shape index (κ2) is 5.97. The quantitative estimate of drug-likeness (QED) is 0.500. The topological polar surface area (TPSA) is 39.4 Å². The lowest BCUT2D eigenvalue weighted by Crippen LogP contribution is -2.06. The number of carbonyl (C=O) groups is 1. The zero-order valence-corrected chi connectivity index (χ0v) is 12.5. The van der Waals surface area contributed by atoms with Crippen LogP contribution in [0.2, 0.25) is 0 Å². The fraction of sp³-hybridized carbons (Fsp3) is 0. The van der Waals surface area contributed by atoms with Gasteiger partial charge in [0.2, 0.25) is 5.76 Å². The van der Waals surface area contributed by atoms with Gasteiger partial charge in [0.1, 0.15) is 5.75 Å². The van der Waals surface area contributed by atoms with E-state index in [-0.39, 0.29) is 5.76 Å². The molecule has 3 rings (SSSR count). The minimum Gasteiger partial charge on any atom is -0.442 e. The summed E-state index contributed by atoms with van der Waals surface area (Å²) in [6.07, 6.45) is 0. The third-order valence-electron chi connectivity index (χ3n) is 2.95. The van der Waals surface area contributed by atoms with Crippen molar-refractivity contribution in [3.63, 3.8) is 0 Å². The summed E-state index contributed by atoms with van der Waals surface area (Å²) in [5.41, 5.74) is 2.18. The number of hydrogen-bond acceptors (Lipinski definition) is 3. The third-order valence-corrected chi connectivity index (χ3v) is 3.37. The molecule has 0 aliphatic carbocycles. The van der Waals surface area contributed by atoms with Gasteiger partial charge in [0.15, 0.2) is 4.67 Å². The Morgan fingerprint density at radius 1 is 0.857 bits per heavy atom. The van der Waals surface area contributed by atoms with Gasteiger partial charge in [-0.2, -0.15) is 0 Å². The fourth-order valence-electron chi connectivity index (χ4n) is 1.93. The van der Waals surface area contributed by atoms with Gasteiger partial charge in [-0.25, -0.2) is 4.79 Å². The van der Waals surface area contributed by atoms with Crippen molar-refractivity contribution in [3.05, 3.63) is 77.2 Å². The molecule has 1 aromatic heterocycles. The standard InChI is InChI=1S/C17H11BrO3/c18-16-11-10-15(21-16)17(19)20-14-8-6-13(7-9-14)12-4-2-1-3-5-12/h1-11H. The van der Waals surface area contributed by atoms with Crippen LogP contribution in [0.15, 0.2) is 75.8 Å². The summed E-state index contributed by atoms with van der Waals surface area (Å²) in [5.74, 6) is 0.120. The van der Waals surface area contributed by atoms with Gasteiger partial charge >= 0.3 is 5.97 Å². The maximum Gasteiger partial charge on any atom is 0.379 e. The highest BCUT2D eigenvalue weighted by atomic mass is 79.9. The zero-order valence-electron chi connectivity index (χ0n) is 11.0. The van der Waals surface area contributed by atoms with Crippen molar-refractivity contribution in [2.24, 2.45) is 0 Å². The van der Waals surface area contributed by atoms with Gasteiger partial charge in [-0.05, 0) is 51.3 Å². The van der Waals surface area contributed by atoms with E-state index in [2.05, 4.69) is 15.9 Å². The van der Waals surface area contributed by atoms with E-state index in [0.29, 0.717) is 10.4 Å². The SMILES string of the molecule is O=C(Oc1ccc(-c2ccccc2)cc1)c1ccc(Br)o1. The highest BCUT2D eigenvalue weighted by Crippen LogP contribution is 2.23. The van der Waals surface area contributed by atoms with Gasteiger partial charge in [-0.1, -0.05) is 42.5 Å². The normalized spacial score (nSPS) is 10.3. The van der Waals surface area contributed by atoms with E-state index in [1.807, 2.05) is 42.5 Å². The Morgan fingerprint density at radius 3 is 2.14 bits per heavy atom. The van der Waals surface area contributed by atoms with Crippen molar-refractivity contribution >= 4 is 21.9 Å². The molecule has 0 aliphatic rings. The van der Waals surface area contributed by atoms with Crippen LogP contribution in [0.1, 0.15) is 10.6 Å². The molecule has 1 heterocycles. The molecule has 0 aliphatic heterocycles. The number of furan rings is 1. The maximum absolute atomic E-state index is 11.8. The lowest BCUT2D eigenvalue weighted by molar-refractivity contribution is 0.0700. The monoisotopic (exact) mass is 342 g/mol. The van der Waals surface area contributed by atoms with Crippen LogP contribution >= 0.6 is 15.9 Å². The minimum atomic E-state index is -0.520. The Hall–Kier alpha value is -2.33. The summed E-state index contributed by atoms with van der Waals surface area (Å²) < 4.78 is 10.9. The lowest BCUT2D eigenvalue weighted by atomic mass is 10.1. The molecule has 3 aromatic rings. The number of rotatable bonds is 3. The van der Waals surface area contributed by atoms with Crippen LogP contribution in [0.25, 0.3) is 11.1 Å². The molecule has 0 saturated carbocycles. The first-order chi connectivity index (χ1) is 10.2. The molecular formula is C17H11BrO3. The molecule has 21 heavy (non-hydrogen) atoms. The Morgan fingerprint density at radius 2 is 1.52 bits per heavy atom. The maximum atomic E-state index is 11.8. The van der Waals surface area contributed by atoms with Crippen molar-refractivity contribution < 1.29 is 13.9 Å². The van der Waals surface area contributed by atoms with E-state index in [4.69, 9.17) is 9.15 Å². The lowest BCUT2D eigenvalue weighted by Gasteiger charge is -2.04. The Bertz CT molecular complexity index is 745. The molecule has 0 unspecified atom stereocenters. The van der Waals surface area contributed by atoms with Crippen LogP contribution < -0.4 is 4.74 Å². The van der Waals surface area contributed by atoms with Crippen molar-refractivity contribution in [3.8, 4) is 16.9 Å². The number of hydrogen-bond donors (Lipinski definition) is 0. The molecule has 4 heteroatoms. The number of halogens is 1. The van der Waals surface area contributed by atoms with E-state index in [1.54, 1.807) is 24.3 Å². The van der Waals surface area contributed by atoms with Gasteiger partial charge < -0.3 is 9.15 Å². The summed E-state index contributed by atoms with van der Waals surface area (Å²) in [7, 11) is 0. The van der Waals surface area contributed by atoms with Gasteiger partial charge in [-0.3, -0.25) is 0 Å². The average Bonchev–Trinajstić information content (AvgIpc) is 2.96. The van der Waals surface area contributed by atoms with E-state index in [0.717, 1.165) is 11.1 Å². The average molecular weight is 343 g/mol. The van der Waals surface area contributed by atoms with Crippen molar-refractivity contribution in [2.45, 2.75) is 0 Å². The first kappa shape index (κ1) is 13.6. The summed E-state index contributed by atoms with van der Waals surface area (Å²) in [6.45, 7) is 0. The molecule has 0 saturated heterocycles. The van der Waals surface area contributed by atoms with Gasteiger partial charge in [-0.15, -0.1) is 0 Å². The van der Waals surface area contributed by atoms with Crippen molar-refractivity contribution in [1.29, 1.82) is 0 Å². The molecule has 0 atom stereocenters. The number of ether oxygens (including phenoxy) is 1. The summed E-state index contributed by atoms with van der Waals surface area (Å²) in [4.78, 5) is 11.8. The highest BCUT2D eigenvalue weighted by molar-refractivity contribution is 9.10. The molecule has 2 aromatic carbocycles. The Kier molecular flexibility index (Phi) is 3.88. The molecule has 0 amide bonds. The van der Waals surface area contributed by atoms with Gasteiger partial charge in [0.25, 0.3) is 0 Å². The van der Waals surface area contributed by atoms with Crippen LogP contribution in [0, 0.1) is 0 Å². The summed E-state index contributed by atoms with van der Waals surface area (Å²) in [5, 5.41) is 0. The summed E-state index contributed by atoms with van der Waals surface area (Å²) in [6, 6.07) is 20.6. The molecule has 104 valence electrons. The minimum absolute atomic E-state index is 0.161. The third kappa shape index (κ3) is 3.23. The molecular weight excluding hydrogens is 332 g/mol. The number of carbonyl (C=O) groups excluding carboxylic acids is 1. The van der Waals surface area contributed by atoms with E-state index >= 15 is 0 Å². The van der Waals surface area contributed by atoms with Crippen LogP contribution in [0.5, 0.6) is 5.75 Å². The predicted molar refractivity (Wildman–Crippen MR) is 83.2 cm³/mol. The Labute approximate surface area is 130 Å². The van der Waals surface area contributed by atoms with Crippen LogP contribution in [0.4, 0.5) is 0 Å². The molecule has 0 spiro atoms. The van der Waals surface area contributed by atoms with Crippen LogP contribution in [-0.2, 0) is 0 Å². The van der Waals surface area contributed by atoms with Crippen molar-refractivity contribution in [2.75, 3.05) is 0 Å². The molecule has 0 bridgehead atoms. The van der Waals surface area contributed by atoms with Crippen LogP contribution in [-0.4, -0.2) is 5.97 Å². The molecule has 0 radical (unpaired) electrons. The molecule has 0 fully saturated rings. The predicted octanol–water partition coefficient (Wildman–Crippen LogP) is 4.93. The van der Waals surface area contributed by atoms with E-state index in [9.17, 15) is 4.79 Å². The second-order valence-electron chi connectivity index (χ2n) is 4.38. The smallest absolute Gasteiger partial charge is 0.379 e. The number of benzene rings is 2. The summed E-state index contributed by atoms with van der Waals surface area (Å²) >= 11 is 3.15. The van der Waals surface area contributed by atoms with E-state index in [1.165, 1.54) is 0 Å². The molecule has 0 N–H and O–H groups in total. The first-order valence-electron chi connectivity index (χ1n) is 6.35. The first-order valence-corrected chi connectivity index (χ1v) is 7.15. The fourth-order valence-corrected chi connectivity index (χ4v) is 2.23. The zero-order chi connectivity index (χ0) is 14.7. The highest BCUT2D eigenvalue weighted by Gasteiger charge is 2.13. The number of esters is 1. The second-order valence-corrected chi connectivity index (χ2v) is 5.17. The Balaban J connectivity index is 1.74. The van der Waals surface area contributed by atoms with Crippen molar-refractivity contribution in [1.82, 2.24) is 0 Å². The van der Waals surface area contributed by atoms with Gasteiger partial charge in [0, 0.05) is 0 Å². The van der Waals surface area contributed by atoms with Gasteiger partial charge in [0.05, 0.1) is 0 Å².